The van der Waals surface area contributed by atoms with Crippen molar-refractivity contribution in [1.29, 1.82) is 0 Å². The molecule has 3 aromatic rings. The van der Waals surface area contributed by atoms with E-state index in [4.69, 9.17) is 5.73 Å². The van der Waals surface area contributed by atoms with Crippen LogP contribution in [0.15, 0.2) is 60.9 Å². The van der Waals surface area contributed by atoms with Crippen LogP contribution in [-0.2, 0) is 0 Å². The number of hydrogen-bond acceptors (Lipinski definition) is 3. The number of rotatable bonds is 3. The molecule has 0 atom stereocenters. The normalized spacial score (nSPS) is 11.0. The van der Waals surface area contributed by atoms with Crippen molar-refractivity contribution in [3.8, 4) is 5.69 Å². The number of hydrogen-bond donors (Lipinski definition) is 1. The average molecular weight is 262 g/mol. The molecule has 0 fully saturated rings. The van der Waals surface area contributed by atoms with Crippen LogP contribution in [0.2, 0.25) is 0 Å². The Kier molecular flexibility index (Phi) is 3.29. The van der Waals surface area contributed by atoms with E-state index in [1.165, 1.54) is 0 Å². The molecule has 4 nitrogen and oxygen atoms in total. The second-order valence-corrected chi connectivity index (χ2v) is 4.39. The summed E-state index contributed by atoms with van der Waals surface area (Å²) in [7, 11) is 0. The Labute approximate surface area is 117 Å². The summed E-state index contributed by atoms with van der Waals surface area (Å²) in [5.74, 6) is 0.785. The summed E-state index contributed by atoms with van der Waals surface area (Å²) in [6.07, 6.45) is 5.63. The summed E-state index contributed by atoms with van der Waals surface area (Å²) in [4.78, 5) is 0. The first-order valence-corrected chi connectivity index (χ1v) is 6.32. The summed E-state index contributed by atoms with van der Waals surface area (Å²) < 4.78 is 1.94. The molecule has 0 spiro atoms. The summed E-state index contributed by atoms with van der Waals surface area (Å²) >= 11 is 0. The zero-order chi connectivity index (χ0) is 13.8. The molecule has 4 heteroatoms. The van der Waals surface area contributed by atoms with Gasteiger partial charge in [0.05, 0.1) is 0 Å². The zero-order valence-electron chi connectivity index (χ0n) is 10.8. The number of nitrogens with two attached hydrogens (primary N) is 1. The van der Waals surface area contributed by atoms with Gasteiger partial charge in [-0.05, 0) is 35.9 Å². The molecule has 3 rings (SSSR count). The molecular weight excluding hydrogens is 248 g/mol. The van der Waals surface area contributed by atoms with Crippen molar-refractivity contribution in [3.05, 3.63) is 72.3 Å². The molecule has 0 bridgehead atoms. The number of nitrogen functional groups attached to an aromatic ring is 1. The summed E-state index contributed by atoms with van der Waals surface area (Å²) in [5.41, 5.74) is 8.53. The summed E-state index contributed by atoms with van der Waals surface area (Å²) in [5, 5.41) is 8.09. The number of benzene rings is 2. The first-order valence-electron chi connectivity index (χ1n) is 6.32. The van der Waals surface area contributed by atoms with Gasteiger partial charge in [0, 0.05) is 11.4 Å². The maximum Gasteiger partial charge on any atom is 0.161 e. The average Bonchev–Trinajstić information content (AvgIpc) is 2.96. The number of anilines is 1. The molecule has 0 amide bonds. The molecule has 0 unspecified atom stereocenters. The quantitative estimate of drug-likeness (QED) is 0.738. The van der Waals surface area contributed by atoms with E-state index in [2.05, 4.69) is 10.2 Å². The number of nitrogens with zero attached hydrogens (tertiary/aromatic N) is 3. The highest BCUT2D eigenvalue weighted by molar-refractivity contribution is 5.68. The van der Waals surface area contributed by atoms with Gasteiger partial charge in [0.15, 0.2) is 5.82 Å². The fourth-order valence-corrected chi connectivity index (χ4v) is 1.92. The van der Waals surface area contributed by atoms with Gasteiger partial charge >= 0.3 is 0 Å². The Hall–Kier alpha value is -2.88. The van der Waals surface area contributed by atoms with Crippen LogP contribution in [0.4, 0.5) is 5.69 Å². The van der Waals surface area contributed by atoms with Crippen molar-refractivity contribution >= 4 is 17.8 Å². The molecule has 0 saturated heterocycles. The van der Waals surface area contributed by atoms with Crippen LogP contribution in [0.25, 0.3) is 17.8 Å². The van der Waals surface area contributed by atoms with Gasteiger partial charge in [-0.15, -0.1) is 10.2 Å². The zero-order valence-corrected chi connectivity index (χ0v) is 10.8. The molecule has 0 aliphatic rings. The van der Waals surface area contributed by atoms with Gasteiger partial charge in [0.2, 0.25) is 0 Å². The molecule has 1 heterocycles. The lowest BCUT2D eigenvalue weighted by Gasteiger charge is -2.02. The predicted octanol–water partition coefficient (Wildman–Crippen LogP) is 3.02. The predicted molar refractivity (Wildman–Crippen MR) is 81.1 cm³/mol. The first kappa shape index (κ1) is 12.2. The van der Waals surface area contributed by atoms with Crippen molar-refractivity contribution in [2.24, 2.45) is 0 Å². The third kappa shape index (κ3) is 2.59. The van der Waals surface area contributed by atoms with E-state index in [0.29, 0.717) is 0 Å². The summed E-state index contributed by atoms with van der Waals surface area (Å²) in [6, 6.07) is 17.7. The van der Waals surface area contributed by atoms with Crippen molar-refractivity contribution in [3.63, 3.8) is 0 Å². The van der Waals surface area contributed by atoms with Gasteiger partial charge in [0.1, 0.15) is 6.33 Å². The van der Waals surface area contributed by atoms with E-state index in [1.54, 1.807) is 6.33 Å². The van der Waals surface area contributed by atoms with Gasteiger partial charge < -0.3 is 5.73 Å². The van der Waals surface area contributed by atoms with Gasteiger partial charge in [-0.25, -0.2) is 0 Å². The SMILES string of the molecule is Nc1ccc(/C=C/c2nncn2-c2ccccc2)cc1. The van der Waals surface area contributed by atoms with Crippen LogP contribution in [0.5, 0.6) is 0 Å². The van der Waals surface area contributed by atoms with E-state index in [9.17, 15) is 0 Å². The van der Waals surface area contributed by atoms with Crippen LogP contribution < -0.4 is 5.73 Å². The highest BCUT2D eigenvalue weighted by Gasteiger charge is 2.02. The molecule has 0 saturated carbocycles. The van der Waals surface area contributed by atoms with Gasteiger partial charge in [-0.3, -0.25) is 4.57 Å². The second-order valence-electron chi connectivity index (χ2n) is 4.39. The highest BCUT2D eigenvalue weighted by atomic mass is 15.3. The van der Waals surface area contributed by atoms with E-state index < -0.39 is 0 Å². The van der Waals surface area contributed by atoms with Crippen LogP contribution in [0, 0.1) is 0 Å². The van der Waals surface area contributed by atoms with Crippen LogP contribution in [0.1, 0.15) is 11.4 Å². The van der Waals surface area contributed by atoms with Crippen molar-refractivity contribution in [1.82, 2.24) is 14.8 Å². The molecule has 2 N–H and O–H groups in total. The first-order chi connectivity index (χ1) is 9.83. The highest BCUT2D eigenvalue weighted by Crippen LogP contribution is 2.13. The minimum atomic E-state index is 0.759. The van der Waals surface area contributed by atoms with Gasteiger partial charge in [-0.2, -0.15) is 0 Å². The lowest BCUT2D eigenvalue weighted by atomic mass is 10.2. The fourth-order valence-electron chi connectivity index (χ4n) is 1.92. The maximum absolute atomic E-state index is 5.67. The molecule has 0 aliphatic carbocycles. The largest absolute Gasteiger partial charge is 0.399 e. The fraction of sp³-hybridized carbons (Fsp3) is 0. The van der Waals surface area contributed by atoms with E-state index in [-0.39, 0.29) is 0 Å². The topological polar surface area (TPSA) is 56.7 Å². The Morgan fingerprint density at radius 2 is 1.65 bits per heavy atom. The number of para-hydroxylation sites is 1. The third-order valence-electron chi connectivity index (χ3n) is 2.97. The van der Waals surface area contributed by atoms with Crippen LogP contribution >= 0.6 is 0 Å². The monoisotopic (exact) mass is 262 g/mol. The second kappa shape index (κ2) is 5.40. The van der Waals surface area contributed by atoms with Crippen LogP contribution in [-0.4, -0.2) is 14.8 Å². The van der Waals surface area contributed by atoms with Crippen LogP contribution in [0.3, 0.4) is 0 Å². The van der Waals surface area contributed by atoms with Gasteiger partial charge in [-0.1, -0.05) is 36.4 Å². The molecule has 1 aromatic heterocycles. The minimum Gasteiger partial charge on any atom is -0.399 e. The van der Waals surface area contributed by atoms with E-state index in [1.807, 2.05) is 71.3 Å². The standard InChI is InChI=1S/C16H14N4/c17-14-9-6-13(7-10-14)8-11-16-19-18-12-20(16)15-4-2-1-3-5-15/h1-12H,17H2/b11-8+. The number of aromatic nitrogens is 3. The third-order valence-corrected chi connectivity index (χ3v) is 2.97. The molecule has 98 valence electrons. The molecule has 2 aromatic carbocycles. The van der Waals surface area contributed by atoms with E-state index in [0.717, 1.165) is 22.8 Å². The van der Waals surface area contributed by atoms with Crippen molar-refractivity contribution in [2.45, 2.75) is 0 Å². The maximum atomic E-state index is 5.67. The molecule has 20 heavy (non-hydrogen) atoms. The lowest BCUT2D eigenvalue weighted by molar-refractivity contribution is 1.03. The smallest absolute Gasteiger partial charge is 0.161 e. The Bertz CT molecular complexity index is 712. The Morgan fingerprint density at radius 1 is 0.900 bits per heavy atom. The van der Waals surface area contributed by atoms with Crippen molar-refractivity contribution < 1.29 is 0 Å². The van der Waals surface area contributed by atoms with Gasteiger partial charge in [0.25, 0.3) is 0 Å². The lowest BCUT2D eigenvalue weighted by Crippen LogP contribution is -1.94. The van der Waals surface area contributed by atoms with Crippen molar-refractivity contribution in [2.75, 3.05) is 5.73 Å². The molecule has 0 radical (unpaired) electrons. The molecular formula is C16H14N4. The summed E-state index contributed by atoms with van der Waals surface area (Å²) in [6.45, 7) is 0. The Morgan fingerprint density at radius 3 is 2.40 bits per heavy atom. The Balaban J connectivity index is 1.89. The minimum absolute atomic E-state index is 0.759. The van der Waals surface area contributed by atoms with E-state index >= 15 is 0 Å². The molecule has 0 aliphatic heterocycles.